The molecule has 0 saturated heterocycles. The molecule has 2 aliphatic carbocycles. The van der Waals surface area contributed by atoms with Crippen LogP contribution in [0.3, 0.4) is 0 Å². The van der Waals surface area contributed by atoms with Crippen LogP contribution in [-0.2, 0) is 11.3 Å². The van der Waals surface area contributed by atoms with Crippen LogP contribution >= 0.6 is 15.9 Å². The van der Waals surface area contributed by atoms with Crippen LogP contribution in [0.5, 0.6) is 0 Å². The van der Waals surface area contributed by atoms with E-state index in [1.807, 2.05) is 0 Å². The maximum absolute atomic E-state index is 13.3. The number of halogens is 1. The molecule has 0 radical (unpaired) electrons. The molecule has 2 aromatic carbocycles. The fourth-order valence-corrected chi connectivity index (χ4v) is 6.73. The van der Waals surface area contributed by atoms with E-state index in [1.165, 1.54) is 79.0 Å². The molecule has 1 N–H and O–H groups in total. The summed E-state index contributed by atoms with van der Waals surface area (Å²) in [7, 11) is 0. The lowest BCUT2D eigenvalue weighted by atomic mass is 9.87. The second kappa shape index (κ2) is 11.3. The Labute approximate surface area is 218 Å². The number of fused-ring (bicyclic) bond motifs is 1. The SMILES string of the molecule is Cc1cccc(C(CC(=O)NC2CCCCC2)c2cn(CC3CCCCC3)c3cc(Br)ccc23)c1. The third-order valence-electron chi connectivity index (χ3n) is 8.23. The minimum Gasteiger partial charge on any atom is -0.353 e. The van der Waals surface area contributed by atoms with Crippen LogP contribution in [0.1, 0.15) is 93.2 Å². The molecule has 1 heterocycles. The highest BCUT2D eigenvalue weighted by Crippen LogP contribution is 2.37. The summed E-state index contributed by atoms with van der Waals surface area (Å²) >= 11 is 3.71. The summed E-state index contributed by atoms with van der Waals surface area (Å²) in [6.45, 7) is 3.22. The molecule has 1 unspecified atom stereocenters. The first-order valence-electron chi connectivity index (χ1n) is 13.7. The quantitative estimate of drug-likeness (QED) is 0.325. The molecular formula is C31H39BrN2O. The number of amides is 1. The van der Waals surface area contributed by atoms with E-state index in [0.717, 1.165) is 29.8 Å². The molecule has 0 aliphatic heterocycles. The summed E-state index contributed by atoms with van der Waals surface area (Å²) in [6, 6.07) is 15.7. The van der Waals surface area contributed by atoms with Gasteiger partial charge in [-0.3, -0.25) is 4.79 Å². The molecule has 0 spiro atoms. The van der Waals surface area contributed by atoms with Gasteiger partial charge in [0.15, 0.2) is 0 Å². The second-order valence-corrected chi connectivity index (χ2v) is 11.9. The molecule has 1 atom stereocenters. The molecule has 2 saturated carbocycles. The number of hydrogen-bond donors (Lipinski definition) is 1. The van der Waals surface area contributed by atoms with Crippen molar-refractivity contribution in [2.45, 2.75) is 96.1 Å². The maximum Gasteiger partial charge on any atom is 0.221 e. The van der Waals surface area contributed by atoms with Crippen molar-refractivity contribution < 1.29 is 4.79 Å². The first kappa shape index (κ1) is 24.6. The van der Waals surface area contributed by atoms with E-state index < -0.39 is 0 Å². The van der Waals surface area contributed by atoms with Crippen LogP contribution in [0.25, 0.3) is 10.9 Å². The summed E-state index contributed by atoms with van der Waals surface area (Å²) in [5.41, 5.74) is 5.05. The highest BCUT2D eigenvalue weighted by atomic mass is 79.9. The van der Waals surface area contributed by atoms with E-state index in [1.54, 1.807) is 0 Å². The molecule has 3 aromatic rings. The van der Waals surface area contributed by atoms with Crippen LogP contribution < -0.4 is 5.32 Å². The highest BCUT2D eigenvalue weighted by Gasteiger charge is 2.25. The Kier molecular flexibility index (Phi) is 7.97. The average Bonchev–Trinajstić information content (AvgIpc) is 3.20. The van der Waals surface area contributed by atoms with Gasteiger partial charge < -0.3 is 9.88 Å². The van der Waals surface area contributed by atoms with E-state index in [4.69, 9.17) is 0 Å². The van der Waals surface area contributed by atoms with Gasteiger partial charge >= 0.3 is 0 Å². The van der Waals surface area contributed by atoms with E-state index >= 15 is 0 Å². The van der Waals surface area contributed by atoms with Crippen molar-refractivity contribution in [1.82, 2.24) is 9.88 Å². The monoisotopic (exact) mass is 534 g/mol. The third-order valence-corrected chi connectivity index (χ3v) is 8.73. The van der Waals surface area contributed by atoms with E-state index in [2.05, 4.69) is 81.4 Å². The zero-order valence-corrected chi connectivity index (χ0v) is 22.7. The predicted molar refractivity (Wildman–Crippen MR) is 149 cm³/mol. The molecule has 3 nitrogen and oxygen atoms in total. The fraction of sp³-hybridized carbons (Fsp3) is 0.516. The summed E-state index contributed by atoms with van der Waals surface area (Å²) in [5.74, 6) is 0.988. The van der Waals surface area contributed by atoms with Crippen LogP contribution in [0.2, 0.25) is 0 Å². The maximum atomic E-state index is 13.3. The van der Waals surface area contributed by atoms with Gasteiger partial charge in [0.05, 0.1) is 0 Å². The van der Waals surface area contributed by atoms with Gasteiger partial charge in [-0.2, -0.15) is 0 Å². The van der Waals surface area contributed by atoms with Crippen LogP contribution in [0.4, 0.5) is 0 Å². The Bertz CT molecular complexity index is 1150. The Morgan fingerprint density at radius 1 is 1.00 bits per heavy atom. The molecule has 1 aromatic heterocycles. The number of rotatable bonds is 7. The lowest BCUT2D eigenvalue weighted by molar-refractivity contribution is -0.122. The van der Waals surface area contributed by atoms with Crippen molar-refractivity contribution in [3.05, 3.63) is 69.8 Å². The van der Waals surface area contributed by atoms with Gasteiger partial charge in [0.25, 0.3) is 0 Å². The van der Waals surface area contributed by atoms with Crippen LogP contribution in [0.15, 0.2) is 53.1 Å². The Hall–Kier alpha value is -2.07. The Morgan fingerprint density at radius 2 is 1.74 bits per heavy atom. The first-order chi connectivity index (χ1) is 17.1. The minimum absolute atomic E-state index is 0.0507. The normalized spacial score (nSPS) is 18.6. The average molecular weight is 536 g/mol. The number of benzene rings is 2. The zero-order chi connectivity index (χ0) is 24.2. The minimum atomic E-state index is 0.0507. The number of aromatic nitrogens is 1. The molecule has 0 bridgehead atoms. The Balaban J connectivity index is 1.50. The van der Waals surface area contributed by atoms with E-state index in [-0.39, 0.29) is 11.8 Å². The van der Waals surface area contributed by atoms with Gasteiger partial charge in [0.1, 0.15) is 0 Å². The molecular weight excluding hydrogens is 496 g/mol. The van der Waals surface area contributed by atoms with Gasteiger partial charge in [-0.1, -0.05) is 90.4 Å². The van der Waals surface area contributed by atoms with Crippen LogP contribution in [0, 0.1) is 12.8 Å². The van der Waals surface area contributed by atoms with Crippen molar-refractivity contribution in [2.75, 3.05) is 0 Å². The second-order valence-electron chi connectivity index (χ2n) is 11.0. The van der Waals surface area contributed by atoms with Crippen molar-refractivity contribution in [2.24, 2.45) is 5.92 Å². The standard InChI is InChI=1S/C31H39BrN2O/c1-22-9-8-12-24(17-22)28(19-31(35)33-26-13-6-3-7-14-26)29-21-34(20-23-10-4-2-5-11-23)30-18-25(32)15-16-27(29)30/h8-9,12,15-18,21,23,26,28H,2-7,10-11,13-14,19-20H2,1H3,(H,33,35). The number of nitrogens with one attached hydrogen (secondary N) is 1. The van der Waals surface area contributed by atoms with Gasteiger partial charge in [-0.05, 0) is 61.8 Å². The van der Waals surface area contributed by atoms with Crippen LogP contribution in [-0.4, -0.2) is 16.5 Å². The molecule has 2 fully saturated rings. The Morgan fingerprint density at radius 3 is 2.49 bits per heavy atom. The largest absolute Gasteiger partial charge is 0.353 e. The van der Waals surface area contributed by atoms with Gasteiger partial charge in [0.2, 0.25) is 5.91 Å². The highest BCUT2D eigenvalue weighted by molar-refractivity contribution is 9.10. The third kappa shape index (κ3) is 6.02. The van der Waals surface area contributed by atoms with Crippen molar-refractivity contribution >= 4 is 32.7 Å². The summed E-state index contributed by atoms with van der Waals surface area (Å²) in [4.78, 5) is 13.3. The molecule has 1 amide bonds. The number of carbonyl (C=O) groups is 1. The smallest absolute Gasteiger partial charge is 0.221 e. The molecule has 186 valence electrons. The van der Waals surface area contributed by atoms with Crippen molar-refractivity contribution in [3.8, 4) is 0 Å². The lowest BCUT2D eigenvalue weighted by Crippen LogP contribution is -2.36. The van der Waals surface area contributed by atoms with E-state index in [9.17, 15) is 4.79 Å². The molecule has 35 heavy (non-hydrogen) atoms. The zero-order valence-electron chi connectivity index (χ0n) is 21.1. The molecule has 2 aliphatic rings. The number of aryl methyl sites for hydroxylation is 1. The first-order valence-corrected chi connectivity index (χ1v) is 14.5. The summed E-state index contributed by atoms with van der Waals surface area (Å²) in [5, 5.41) is 4.66. The van der Waals surface area contributed by atoms with Gasteiger partial charge in [0, 0.05) is 46.5 Å². The number of nitrogens with zero attached hydrogens (tertiary/aromatic N) is 1. The summed E-state index contributed by atoms with van der Waals surface area (Å²) < 4.78 is 3.59. The topological polar surface area (TPSA) is 34.0 Å². The molecule has 4 heteroatoms. The van der Waals surface area contributed by atoms with Gasteiger partial charge in [-0.15, -0.1) is 0 Å². The molecule has 5 rings (SSSR count). The van der Waals surface area contributed by atoms with Crippen molar-refractivity contribution in [3.63, 3.8) is 0 Å². The van der Waals surface area contributed by atoms with E-state index in [0.29, 0.717) is 12.5 Å². The van der Waals surface area contributed by atoms with Crippen molar-refractivity contribution in [1.29, 1.82) is 0 Å². The lowest BCUT2D eigenvalue weighted by Gasteiger charge is -2.24. The fourth-order valence-electron chi connectivity index (χ4n) is 6.38. The number of carbonyl (C=O) groups excluding carboxylic acids is 1. The predicted octanol–water partition coefficient (Wildman–Crippen LogP) is 8.26. The number of hydrogen-bond acceptors (Lipinski definition) is 1. The summed E-state index contributed by atoms with van der Waals surface area (Å²) in [6.07, 6.45) is 15.6. The van der Waals surface area contributed by atoms with Gasteiger partial charge in [-0.25, -0.2) is 0 Å².